The third-order valence-corrected chi connectivity index (χ3v) is 3.64. The maximum atomic E-state index is 9.88. The molecule has 88 valence electrons. The van der Waals surface area contributed by atoms with Gasteiger partial charge in [0.05, 0.1) is 0 Å². The second kappa shape index (κ2) is 5.17. The first kappa shape index (κ1) is 11.9. The average Bonchev–Trinajstić information content (AvgIpc) is 2.49. The molecular formula is C12H17BrN2O. The molecule has 1 N–H and O–H groups in total. The Bertz CT molecular complexity index is 359. The molecule has 4 heteroatoms. The van der Waals surface area contributed by atoms with Crippen LogP contribution in [0.5, 0.6) is 0 Å². The SMILES string of the molecule is CN1CCN(C(O)CBr)Cc2ccccc21. The molecule has 1 aromatic rings. The van der Waals surface area contributed by atoms with Crippen molar-refractivity contribution in [2.45, 2.75) is 12.8 Å². The maximum Gasteiger partial charge on any atom is 0.117 e. The average molecular weight is 285 g/mol. The summed E-state index contributed by atoms with van der Waals surface area (Å²) in [5.74, 6) is 0. The number of para-hydroxylation sites is 1. The summed E-state index contributed by atoms with van der Waals surface area (Å²) < 4.78 is 0. The van der Waals surface area contributed by atoms with E-state index in [0.29, 0.717) is 5.33 Å². The van der Waals surface area contributed by atoms with Gasteiger partial charge in [-0.3, -0.25) is 4.90 Å². The maximum absolute atomic E-state index is 9.88. The lowest BCUT2D eigenvalue weighted by atomic mass is 10.1. The molecule has 0 saturated heterocycles. The number of hydrogen-bond acceptors (Lipinski definition) is 3. The van der Waals surface area contributed by atoms with Crippen LogP contribution in [0.2, 0.25) is 0 Å². The fourth-order valence-electron chi connectivity index (χ4n) is 2.07. The summed E-state index contributed by atoms with van der Waals surface area (Å²) in [5, 5.41) is 10.5. The van der Waals surface area contributed by atoms with Crippen molar-refractivity contribution in [1.29, 1.82) is 0 Å². The number of aliphatic hydroxyl groups is 1. The van der Waals surface area contributed by atoms with Crippen molar-refractivity contribution in [3.8, 4) is 0 Å². The number of hydrogen-bond donors (Lipinski definition) is 1. The van der Waals surface area contributed by atoms with Crippen LogP contribution in [0.25, 0.3) is 0 Å². The van der Waals surface area contributed by atoms with Crippen molar-refractivity contribution in [2.24, 2.45) is 0 Å². The van der Waals surface area contributed by atoms with Crippen LogP contribution in [-0.4, -0.2) is 41.7 Å². The zero-order valence-corrected chi connectivity index (χ0v) is 11.0. The summed E-state index contributed by atoms with van der Waals surface area (Å²) in [7, 11) is 2.10. The zero-order chi connectivity index (χ0) is 11.5. The molecule has 0 aliphatic carbocycles. The van der Waals surface area contributed by atoms with Gasteiger partial charge in [0.15, 0.2) is 0 Å². The van der Waals surface area contributed by atoms with E-state index >= 15 is 0 Å². The Morgan fingerprint density at radius 2 is 2.12 bits per heavy atom. The number of benzene rings is 1. The molecular weight excluding hydrogens is 268 g/mol. The van der Waals surface area contributed by atoms with Gasteiger partial charge < -0.3 is 10.0 Å². The van der Waals surface area contributed by atoms with E-state index in [1.54, 1.807) is 0 Å². The number of likely N-dealkylation sites (N-methyl/N-ethyl adjacent to an activating group) is 1. The largest absolute Gasteiger partial charge is 0.377 e. The topological polar surface area (TPSA) is 26.7 Å². The number of aliphatic hydroxyl groups excluding tert-OH is 1. The third-order valence-electron chi connectivity index (χ3n) is 3.06. The van der Waals surface area contributed by atoms with Gasteiger partial charge in [0.1, 0.15) is 6.23 Å². The first-order valence-corrected chi connectivity index (χ1v) is 6.61. The van der Waals surface area contributed by atoms with Crippen molar-refractivity contribution >= 4 is 21.6 Å². The molecule has 1 aliphatic rings. The van der Waals surface area contributed by atoms with Gasteiger partial charge in [-0.25, -0.2) is 0 Å². The van der Waals surface area contributed by atoms with Crippen molar-refractivity contribution in [2.75, 3.05) is 30.4 Å². The Balaban J connectivity index is 2.24. The predicted octanol–water partition coefficient (Wildman–Crippen LogP) is 1.65. The Hall–Kier alpha value is -0.580. The van der Waals surface area contributed by atoms with Crippen molar-refractivity contribution in [1.82, 2.24) is 4.90 Å². The van der Waals surface area contributed by atoms with Crippen LogP contribution in [0.1, 0.15) is 5.56 Å². The van der Waals surface area contributed by atoms with Crippen LogP contribution in [0, 0.1) is 0 Å². The molecule has 0 saturated carbocycles. The first-order chi connectivity index (χ1) is 7.72. The van der Waals surface area contributed by atoms with Crippen LogP contribution in [0.4, 0.5) is 5.69 Å². The smallest absolute Gasteiger partial charge is 0.117 e. The molecule has 3 nitrogen and oxygen atoms in total. The Kier molecular flexibility index (Phi) is 3.84. The minimum Gasteiger partial charge on any atom is -0.377 e. The third kappa shape index (κ3) is 2.39. The Morgan fingerprint density at radius 1 is 1.38 bits per heavy atom. The van der Waals surface area contributed by atoms with E-state index in [0.717, 1.165) is 19.6 Å². The van der Waals surface area contributed by atoms with E-state index < -0.39 is 6.23 Å². The van der Waals surface area contributed by atoms with Crippen LogP contribution in [0.3, 0.4) is 0 Å². The van der Waals surface area contributed by atoms with E-state index in [1.165, 1.54) is 11.3 Å². The van der Waals surface area contributed by atoms with Crippen molar-refractivity contribution in [3.05, 3.63) is 29.8 Å². The van der Waals surface area contributed by atoms with E-state index in [4.69, 9.17) is 0 Å². The highest BCUT2D eigenvalue weighted by Gasteiger charge is 2.21. The number of fused-ring (bicyclic) bond motifs is 1. The first-order valence-electron chi connectivity index (χ1n) is 5.49. The summed E-state index contributed by atoms with van der Waals surface area (Å²) in [6.07, 6.45) is -0.403. The minimum atomic E-state index is -0.403. The number of anilines is 1. The highest BCUT2D eigenvalue weighted by Crippen LogP contribution is 2.24. The Morgan fingerprint density at radius 3 is 2.88 bits per heavy atom. The second-order valence-electron chi connectivity index (χ2n) is 4.16. The van der Waals surface area contributed by atoms with Crippen LogP contribution < -0.4 is 4.90 Å². The van der Waals surface area contributed by atoms with Gasteiger partial charge in [-0.15, -0.1) is 0 Å². The number of halogens is 1. The van der Waals surface area contributed by atoms with Gasteiger partial charge in [0.2, 0.25) is 0 Å². The summed E-state index contributed by atoms with van der Waals surface area (Å²) >= 11 is 3.33. The van der Waals surface area contributed by atoms with Crippen LogP contribution >= 0.6 is 15.9 Å². The monoisotopic (exact) mass is 284 g/mol. The van der Waals surface area contributed by atoms with Gasteiger partial charge in [-0.1, -0.05) is 34.1 Å². The number of nitrogens with zero attached hydrogens (tertiary/aromatic N) is 2. The molecule has 1 unspecified atom stereocenters. The fourth-order valence-corrected chi connectivity index (χ4v) is 2.48. The summed E-state index contributed by atoms with van der Waals surface area (Å²) in [5.41, 5.74) is 2.55. The molecule has 0 aromatic heterocycles. The van der Waals surface area contributed by atoms with Gasteiger partial charge in [-0.2, -0.15) is 0 Å². The molecule has 0 amide bonds. The molecule has 1 heterocycles. The molecule has 0 bridgehead atoms. The highest BCUT2D eigenvalue weighted by molar-refractivity contribution is 9.09. The zero-order valence-electron chi connectivity index (χ0n) is 9.43. The molecule has 16 heavy (non-hydrogen) atoms. The summed E-state index contributed by atoms with van der Waals surface area (Å²) in [4.78, 5) is 4.34. The standard InChI is InChI=1S/C12H17BrN2O/c1-14-6-7-15(12(16)8-13)9-10-4-2-3-5-11(10)14/h2-5,12,16H,6-9H2,1H3. The minimum absolute atomic E-state index is 0.403. The normalized spacial score (nSPS) is 19.1. The highest BCUT2D eigenvalue weighted by atomic mass is 79.9. The molecule has 1 aliphatic heterocycles. The molecule has 0 spiro atoms. The van der Waals surface area contributed by atoms with E-state index in [1.807, 2.05) is 0 Å². The molecule has 2 rings (SSSR count). The number of rotatable bonds is 2. The lowest BCUT2D eigenvalue weighted by Gasteiger charge is -2.24. The lowest BCUT2D eigenvalue weighted by molar-refractivity contribution is 0.0211. The summed E-state index contributed by atoms with van der Waals surface area (Å²) in [6, 6.07) is 8.38. The predicted molar refractivity (Wildman–Crippen MR) is 69.9 cm³/mol. The van der Waals surface area contributed by atoms with Crippen LogP contribution in [0.15, 0.2) is 24.3 Å². The molecule has 0 fully saturated rings. The lowest BCUT2D eigenvalue weighted by Crippen LogP contribution is -2.38. The van der Waals surface area contributed by atoms with Gasteiger partial charge in [-0.05, 0) is 11.6 Å². The van der Waals surface area contributed by atoms with E-state index in [-0.39, 0.29) is 0 Å². The number of alkyl halides is 1. The summed E-state index contributed by atoms with van der Waals surface area (Å²) in [6.45, 7) is 2.65. The van der Waals surface area contributed by atoms with Crippen molar-refractivity contribution in [3.63, 3.8) is 0 Å². The molecule has 1 atom stereocenters. The Labute approximate surface area is 105 Å². The van der Waals surface area contributed by atoms with Crippen LogP contribution in [-0.2, 0) is 6.54 Å². The van der Waals surface area contributed by atoms with Gasteiger partial charge >= 0.3 is 0 Å². The van der Waals surface area contributed by atoms with E-state index in [9.17, 15) is 5.11 Å². The second-order valence-corrected chi connectivity index (χ2v) is 4.80. The van der Waals surface area contributed by atoms with Gasteiger partial charge in [0.25, 0.3) is 0 Å². The fraction of sp³-hybridized carbons (Fsp3) is 0.500. The van der Waals surface area contributed by atoms with Crippen molar-refractivity contribution < 1.29 is 5.11 Å². The quantitative estimate of drug-likeness (QED) is 0.837. The molecule has 0 radical (unpaired) electrons. The molecule has 1 aromatic carbocycles. The van der Waals surface area contributed by atoms with Gasteiger partial charge in [0, 0.05) is 37.7 Å². The van der Waals surface area contributed by atoms with E-state index in [2.05, 4.69) is 57.0 Å².